The highest BCUT2D eigenvalue weighted by molar-refractivity contribution is 6.07. The standard InChI is InChI=1S/C22H16O12/c23-9-5-10(24)16-15(6-9)33-20(7-1-11(25)17(29)12(26)2-7)21(19(16)31)34-22(32)8-3-13(27)18(30)14(28)4-8/h1-6,20-21,23-30H/t20-,21+/m1/s1. The van der Waals surface area contributed by atoms with Gasteiger partial charge in [-0.25, -0.2) is 4.79 Å². The highest BCUT2D eigenvalue weighted by Crippen LogP contribution is 2.46. The smallest absolute Gasteiger partial charge is 0.339 e. The number of ketones is 1. The molecule has 0 saturated carbocycles. The van der Waals surface area contributed by atoms with E-state index in [4.69, 9.17) is 9.47 Å². The minimum atomic E-state index is -1.85. The van der Waals surface area contributed by atoms with Gasteiger partial charge in [-0.2, -0.15) is 0 Å². The molecule has 0 fully saturated rings. The molecule has 4 rings (SSSR count). The largest absolute Gasteiger partial charge is 0.508 e. The van der Waals surface area contributed by atoms with Crippen LogP contribution in [0.25, 0.3) is 0 Å². The van der Waals surface area contributed by atoms with Gasteiger partial charge < -0.3 is 50.3 Å². The summed E-state index contributed by atoms with van der Waals surface area (Å²) in [5.74, 6) is -8.69. The van der Waals surface area contributed by atoms with Crippen molar-refractivity contribution in [3.63, 3.8) is 0 Å². The molecule has 12 nitrogen and oxygen atoms in total. The number of hydrogen-bond donors (Lipinski definition) is 8. The molecule has 1 aliphatic rings. The average Bonchev–Trinajstić information content (AvgIpc) is 2.76. The first-order valence-corrected chi connectivity index (χ1v) is 9.45. The first-order chi connectivity index (χ1) is 16.0. The van der Waals surface area contributed by atoms with Crippen molar-refractivity contribution in [3.05, 3.63) is 53.1 Å². The molecule has 0 amide bonds. The van der Waals surface area contributed by atoms with Gasteiger partial charge in [0.05, 0.1) is 5.56 Å². The highest BCUT2D eigenvalue weighted by Gasteiger charge is 2.43. The second-order valence-corrected chi connectivity index (χ2v) is 7.34. The van der Waals surface area contributed by atoms with Crippen LogP contribution in [0.4, 0.5) is 0 Å². The number of carbonyl (C=O) groups is 2. The number of phenolic OH excluding ortho intramolecular Hbond substituents is 8. The summed E-state index contributed by atoms with van der Waals surface area (Å²) in [6.45, 7) is 0. The Hall–Kier alpha value is -5.00. The van der Waals surface area contributed by atoms with Gasteiger partial charge in [-0.3, -0.25) is 4.79 Å². The fraction of sp³-hybridized carbons (Fsp3) is 0.0909. The van der Waals surface area contributed by atoms with Gasteiger partial charge in [0, 0.05) is 17.7 Å². The normalized spacial score (nSPS) is 17.0. The van der Waals surface area contributed by atoms with Crippen LogP contribution < -0.4 is 4.74 Å². The third-order valence-electron chi connectivity index (χ3n) is 5.06. The molecule has 0 bridgehead atoms. The summed E-state index contributed by atoms with van der Waals surface area (Å²) < 4.78 is 10.9. The highest BCUT2D eigenvalue weighted by atomic mass is 16.6. The fourth-order valence-corrected chi connectivity index (χ4v) is 3.46. The maximum Gasteiger partial charge on any atom is 0.339 e. The Morgan fingerprint density at radius 1 is 0.735 bits per heavy atom. The van der Waals surface area contributed by atoms with Crippen LogP contribution >= 0.6 is 0 Å². The minimum absolute atomic E-state index is 0.135. The lowest BCUT2D eigenvalue weighted by molar-refractivity contribution is -0.0102. The van der Waals surface area contributed by atoms with Gasteiger partial charge in [0.25, 0.3) is 0 Å². The van der Waals surface area contributed by atoms with Gasteiger partial charge in [0.1, 0.15) is 22.8 Å². The molecule has 176 valence electrons. The molecule has 0 spiro atoms. The molecule has 34 heavy (non-hydrogen) atoms. The quantitative estimate of drug-likeness (QED) is 0.203. The van der Waals surface area contributed by atoms with Gasteiger partial charge in [0.15, 0.2) is 40.6 Å². The van der Waals surface area contributed by atoms with E-state index in [0.29, 0.717) is 0 Å². The predicted molar refractivity (Wildman–Crippen MR) is 110 cm³/mol. The van der Waals surface area contributed by atoms with Crippen molar-refractivity contribution in [1.82, 2.24) is 0 Å². The number of rotatable bonds is 3. The Balaban J connectivity index is 1.81. The molecule has 0 unspecified atom stereocenters. The maximum atomic E-state index is 13.2. The number of hydrogen-bond acceptors (Lipinski definition) is 12. The van der Waals surface area contributed by atoms with E-state index in [2.05, 4.69) is 0 Å². The third kappa shape index (κ3) is 3.62. The number of Topliss-reactive ketones (excluding diaryl/α,β-unsaturated/α-hetero) is 1. The molecule has 3 aromatic rings. The van der Waals surface area contributed by atoms with Crippen LogP contribution in [0, 0.1) is 0 Å². The Bertz CT molecular complexity index is 1300. The summed E-state index contributed by atoms with van der Waals surface area (Å²) >= 11 is 0. The van der Waals surface area contributed by atoms with Gasteiger partial charge in [0.2, 0.25) is 11.9 Å². The molecule has 0 aliphatic carbocycles. The summed E-state index contributed by atoms with van der Waals surface area (Å²) in [6.07, 6.45) is -3.40. The van der Waals surface area contributed by atoms with E-state index >= 15 is 0 Å². The Labute approximate surface area is 189 Å². The van der Waals surface area contributed by atoms with Crippen LogP contribution in [0.3, 0.4) is 0 Å². The van der Waals surface area contributed by atoms with Crippen LogP contribution in [0.5, 0.6) is 51.7 Å². The first-order valence-electron chi connectivity index (χ1n) is 9.45. The molecule has 2 atom stereocenters. The van der Waals surface area contributed by atoms with Crippen molar-refractivity contribution in [2.75, 3.05) is 0 Å². The molecule has 12 heteroatoms. The number of aromatic hydroxyl groups is 8. The molecule has 0 aromatic heterocycles. The van der Waals surface area contributed by atoms with Crippen molar-refractivity contribution < 1.29 is 59.9 Å². The zero-order valence-corrected chi connectivity index (χ0v) is 16.8. The van der Waals surface area contributed by atoms with Crippen LogP contribution in [-0.4, -0.2) is 58.7 Å². The zero-order valence-electron chi connectivity index (χ0n) is 16.8. The summed E-state index contributed by atoms with van der Waals surface area (Å²) in [6, 6.07) is 5.26. The Morgan fingerprint density at radius 2 is 1.26 bits per heavy atom. The molecule has 3 aromatic carbocycles. The number of esters is 1. The van der Waals surface area contributed by atoms with Gasteiger partial charge in [-0.05, 0) is 24.3 Å². The molecular formula is C22H16O12. The van der Waals surface area contributed by atoms with Gasteiger partial charge >= 0.3 is 5.97 Å². The van der Waals surface area contributed by atoms with E-state index in [1.807, 2.05) is 0 Å². The molecule has 0 saturated heterocycles. The monoisotopic (exact) mass is 472 g/mol. The number of carbonyl (C=O) groups excluding carboxylic acids is 2. The SMILES string of the molecule is O=C(O[C@H]1C(=O)c2c(O)cc(O)cc2O[C@@H]1c1cc(O)c(O)c(O)c1)c1cc(O)c(O)c(O)c1. The lowest BCUT2D eigenvalue weighted by Gasteiger charge is -2.32. The van der Waals surface area contributed by atoms with Crippen molar-refractivity contribution in [3.8, 4) is 51.7 Å². The Kier molecular flexibility index (Phi) is 5.12. The van der Waals surface area contributed by atoms with Crippen molar-refractivity contribution in [2.24, 2.45) is 0 Å². The average molecular weight is 472 g/mol. The van der Waals surface area contributed by atoms with Crippen LogP contribution in [0.2, 0.25) is 0 Å². The first kappa shape index (κ1) is 22.2. The van der Waals surface area contributed by atoms with E-state index in [0.717, 1.165) is 36.4 Å². The number of phenols is 8. The second kappa shape index (κ2) is 7.85. The molecule has 8 N–H and O–H groups in total. The van der Waals surface area contributed by atoms with Crippen molar-refractivity contribution in [2.45, 2.75) is 12.2 Å². The third-order valence-corrected chi connectivity index (χ3v) is 5.06. The van der Waals surface area contributed by atoms with Crippen LogP contribution in [0.15, 0.2) is 36.4 Å². The minimum Gasteiger partial charge on any atom is -0.508 e. The lowest BCUT2D eigenvalue weighted by atomic mass is 9.92. The van der Waals surface area contributed by atoms with E-state index in [1.165, 1.54) is 0 Å². The van der Waals surface area contributed by atoms with Gasteiger partial charge in [-0.1, -0.05) is 0 Å². The van der Waals surface area contributed by atoms with E-state index < -0.39 is 81.1 Å². The number of ether oxygens (including phenoxy) is 2. The van der Waals surface area contributed by atoms with Crippen molar-refractivity contribution in [1.29, 1.82) is 0 Å². The number of fused-ring (bicyclic) bond motifs is 1. The Morgan fingerprint density at radius 3 is 1.82 bits per heavy atom. The molecule has 0 radical (unpaired) electrons. The van der Waals surface area contributed by atoms with Crippen molar-refractivity contribution >= 4 is 11.8 Å². The second-order valence-electron chi connectivity index (χ2n) is 7.34. The molecule has 1 heterocycles. The van der Waals surface area contributed by atoms with E-state index in [-0.39, 0.29) is 11.3 Å². The van der Waals surface area contributed by atoms with Gasteiger partial charge in [-0.15, -0.1) is 0 Å². The maximum absolute atomic E-state index is 13.2. The summed E-state index contributed by atoms with van der Waals surface area (Å²) in [7, 11) is 0. The topological polar surface area (TPSA) is 214 Å². The summed E-state index contributed by atoms with van der Waals surface area (Å²) in [5.41, 5.74) is -1.03. The van der Waals surface area contributed by atoms with E-state index in [1.54, 1.807) is 0 Å². The number of benzene rings is 3. The predicted octanol–water partition coefficient (Wildman–Crippen LogP) is 1.87. The van der Waals surface area contributed by atoms with E-state index in [9.17, 15) is 50.4 Å². The summed E-state index contributed by atoms with van der Waals surface area (Å²) in [5, 5.41) is 78.0. The van der Waals surface area contributed by atoms with Crippen LogP contribution in [0.1, 0.15) is 32.4 Å². The molecular weight excluding hydrogens is 456 g/mol. The zero-order chi connectivity index (χ0) is 24.9. The summed E-state index contributed by atoms with van der Waals surface area (Å²) in [4.78, 5) is 25.9. The molecule has 1 aliphatic heterocycles. The lowest BCUT2D eigenvalue weighted by Crippen LogP contribution is -2.40. The fourth-order valence-electron chi connectivity index (χ4n) is 3.46. The van der Waals surface area contributed by atoms with Crippen LogP contribution in [-0.2, 0) is 4.74 Å².